The smallest absolute Gasteiger partial charge is 0.165 e. The van der Waals surface area contributed by atoms with Gasteiger partial charge in [0.15, 0.2) is 24.0 Å². The van der Waals surface area contributed by atoms with Gasteiger partial charge in [-0.15, -0.1) is 0 Å². The lowest BCUT2D eigenvalue weighted by atomic mass is 9.80. The van der Waals surface area contributed by atoms with E-state index in [9.17, 15) is 17.6 Å². The Morgan fingerprint density at radius 3 is 1.87 bits per heavy atom. The molecule has 0 aliphatic heterocycles. The minimum atomic E-state index is -2.28. The Balaban J connectivity index is 1.29. The summed E-state index contributed by atoms with van der Waals surface area (Å²) in [5, 5.41) is 0. The molecule has 0 N–H and O–H groups in total. The highest BCUT2D eigenvalue weighted by atomic mass is 19.2. The molecule has 0 saturated heterocycles. The first-order valence-electron chi connectivity index (χ1n) is 15.2. The van der Waals surface area contributed by atoms with Gasteiger partial charge in [0.25, 0.3) is 0 Å². The molecule has 2 aliphatic carbocycles. The summed E-state index contributed by atoms with van der Waals surface area (Å²) < 4.78 is 57.7. The number of anilines is 2. The molecule has 5 heteroatoms. The second-order valence-electron chi connectivity index (χ2n) is 12.6. The van der Waals surface area contributed by atoms with Crippen LogP contribution in [0.1, 0.15) is 47.2 Å². The highest BCUT2D eigenvalue weighted by Crippen LogP contribution is 2.51. The lowest BCUT2D eigenvalue weighted by Crippen LogP contribution is -2.22. The fourth-order valence-corrected chi connectivity index (χ4v) is 6.33. The van der Waals surface area contributed by atoms with E-state index in [1.54, 1.807) is 12.1 Å². The lowest BCUT2D eigenvalue weighted by molar-refractivity contribution is 0.244. The van der Waals surface area contributed by atoms with Gasteiger partial charge < -0.3 is 4.90 Å². The molecule has 0 radical (unpaired) electrons. The molecule has 0 bridgehead atoms. The van der Waals surface area contributed by atoms with E-state index in [4.69, 9.17) is 0 Å². The van der Waals surface area contributed by atoms with Crippen LogP contribution in [0, 0.1) is 13.8 Å². The maximum atomic E-state index is 14.8. The predicted octanol–water partition coefficient (Wildman–Crippen LogP) is 11.8. The molecule has 6 rings (SSSR count). The monoisotopic (exact) mass is 617 g/mol. The normalized spacial score (nSPS) is 18.3. The number of nitrogens with zero attached hydrogens (tertiary/aromatic N) is 1. The summed E-state index contributed by atoms with van der Waals surface area (Å²) in [5.74, 6) is -2.73. The molecule has 46 heavy (non-hydrogen) atoms. The Morgan fingerprint density at radius 2 is 1.28 bits per heavy atom. The van der Waals surface area contributed by atoms with E-state index in [2.05, 4.69) is 86.5 Å². The van der Waals surface area contributed by atoms with Crippen LogP contribution < -0.4 is 4.90 Å². The molecule has 0 heterocycles. The van der Waals surface area contributed by atoms with Gasteiger partial charge in [0, 0.05) is 28.1 Å². The van der Waals surface area contributed by atoms with Gasteiger partial charge in [-0.05, 0) is 101 Å². The molecule has 1 nitrogen and oxygen atoms in total. The van der Waals surface area contributed by atoms with Gasteiger partial charge in [0.1, 0.15) is 0 Å². The highest BCUT2D eigenvalue weighted by Gasteiger charge is 2.38. The molecular formula is C41H35F4N. The Hall–Kier alpha value is -4.90. The van der Waals surface area contributed by atoms with Crippen LogP contribution in [-0.4, -0.2) is 12.3 Å². The highest BCUT2D eigenvalue weighted by molar-refractivity contribution is 5.87. The maximum absolute atomic E-state index is 14.8. The van der Waals surface area contributed by atoms with Crippen LogP contribution in [0.4, 0.5) is 28.9 Å². The minimum Gasteiger partial charge on any atom is -0.311 e. The third-order valence-electron chi connectivity index (χ3n) is 9.01. The first-order chi connectivity index (χ1) is 21.9. The zero-order valence-electron chi connectivity index (χ0n) is 26.3. The first-order valence-corrected chi connectivity index (χ1v) is 15.2. The SMILES string of the molecule is C=C(/C=C\C(=C)N(c1ccc(C)cc1)c1ccc(C)cc1)c1ccc2c(c1)C(C)(C)c1cc(C3=C(F)C(F)=CC(F)C3F)ccc1-2. The van der Waals surface area contributed by atoms with Crippen molar-refractivity contribution in [3.63, 3.8) is 0 Å². The van der Waals surface area contributed by atoms with Crippen molar-refractivity contribution >= 4 is 22.5 Å². The molecule has 4 aromatic rings. The van der Waals surface area contributed by atoms with E-state index >= 15 is 0 Å². The van der Waals surface area contributed by atoms with Gasteiger partial charge >= 0.3 is 0 Å². The molecule has 232 valence electrons. The van der Waals surface area contributed by atoms with Crippen molar-refractivity contribution in [1.82, 2.24) is 0 Å². The largest absolute Gasteiger partial charge is 0.311 e. The topological polar surface area (TPSA) is 3.24 Å². The molecule has 0 fully saturated rings. The van der Waals surface area contributed by atoms with E-state index in [0.29, 0.717) is 6.08 Å². The molecule has 2 unspecified atom stereocenters. The predicted molar refractivity (Wildman–Crippen MR) is 183 cm³/mol. The van der Waals surface area contributed by atoms with E-state index in [1.807, 2.05) is 38.1 Å². The molecule has 0 aromatic heterocycles. The third-order valence-corrected chi connectivity index (χ3v) is 9.01. The van der Waals surface area contributed by atoms with Gasteiger partial charge in [-0.25, -0.2) is 17.6 Å². The Morgan fingerprint density at radius 1 is 0.739 bits per heavy atom. The van der Waals surface area contributed by atoms with Crippen molar-refractivity contribution in [3.8, 4) is 11.1 Å². The maximum Gasteiger partial charge on any atom is 0.165 e. The minimum absolute atomic E-state index is 0.133. The zero-order valence-corrected chi connectivity index (χ0v) is 26.3. The number of aryl methyl sites for hydroxylation is 2. The molecule has 2 atom stereocenters. The standard InChI is InChI=1S/C41H35F4N/c1-24-7-15-30(16-8-24)46(31-17-9-25(2)10-18-31)27(4)12-11-26(3)28-13-19-32-33-20-14-29(22-35(33)41(5,6)34(32)21-28)38-39(44)36(42)23-37(43)40(38)45/h7-23,36,39H,3-4H2,1-2,5-6H3/b12-11-. The van der Waals surface area contributed by atoms with Crippen molar-refractivity contribution in [3.05, 3.63) is 167 Å². The molecule has 0 saturated carbocycles. The average molecular weight is 618 g/mol. The van der Waals surface area contributed by atoms with Gasteiger partial charge in [0.2, 0.25) is 0 Å². The second kappa shape index (κ2) is 11.8. The summed E-state index contributed by atoms with van der Waals surface area (Å²) >= 11 is 0. The number of rotatable bonds is 7. The number of allylic oxidation sites excluding steroid dienone is 7. The first kappa shape index (κ1) is 31.1. The number of hydrogen-bond acceptors (Lipinski definition) is 1. The quantitative estimate of drug-likeness (QED) is 0.147. The van der Waals surface area contributed by atoms with Crippen LogP contribution >= 0.6 is 0 Å². The number of benzene rings is 4. The number of hydrogen-bond donors (Lipinski definition) is 0. The summed E-state index contributed by atoms with van der Waals surface area (Å²) in [6, 6.07) is 27.7. The summed E-state index contributed by atoms with van der Waals surface area (Å²) in [5.41, 5.74) is 9.56. The van der Waals surface area contributed by atoms with Crippen LogP contribution in [0.2, 0.25) is 0 Å². The Labute approximate surface area is 268 Å². The van der Waals surface area contributed by atoms with Gasteiger partial charge in [-0.1, -0.05) is 92.7 Å². The molecular weight excluding hydrogens is 582 g/mol. The zero-order chi connectivity index (χ0) is 32.9. The van der Waals surface area contributed by atoms with Crippen LogP contribution in [0.5, 0.6) is 0 Å². The van der Waals surface area contributed by atoms with Crippen molar-refractivity contribution < 1.29 is 17.6 Å². The van der Waals surface area contributed by atoms with Crippen molar-refractivity contribution in [2.24, 2.45) is 0 Å². The summed E-state index contributed by atoms with van der Waals surface area (Å²) in [7, 11) is 0. The summed E-state index contributed by atoms with van der Waals surface area (Å²) in [4.78, 5) is 2.10. The van der Waals surface area contributed by atoms with Crippen LogP contribution in [-0.2, 0) is 5.41 Å². The molecule has 2 aliphatic rings. The Kier molecular flexibility index (Phi) is 7.97. The van der Waals surface area contributed by atoms with Crippen molar-refractivity contribution in [2.45, 2.75) is 45.5 Å². The van der Waals surface area contributed by atoms with Gasteiger partial charge in [-0.2, -0.15) is 0 Å². The Bertz CT molecular complexity index is 1910. The van der Waals surface area contributed by atoms with Crippen LogP contribution in [0.25, 0.3) is 22.3 Å². The number of alkyl halides is 2. The van der Waals surface area contributed by atoms with Gasteiger partial charge in [-0.3, -0.25) is 0 Å². The van der Waals surface area contributed by atoms with Crippen LogP contribution in [0.15, 0.2) is 134 Å². The number of fused-ring (bicyclic) bond motifs is 3. The summed E-state index contributed by atoms with van der Waals surface area (Å²) in [6.45, 7) is 16.9. The average Bonchev–Trinajstić information content (AvgIpc) is 3.26. The fraction of sp³-hybridized carbons (Fsp3) is 0.171. The summed E-state index contributed by atoms with van der Waals surface area (Å²) in [6.07, 6.45) is -0.285. The lowest BCUT2D eigenvalue weighted by Gasteiger charge is -2.26. The van der Waals surface area contributed by atoms with Crippen molar-refractivity contribution in [2.75, 3.05) is 4.90 Å². The fourth-order valence-electron chi connectivity index (χ4n) is 6.33. The van der Waals surface area contributed by atoms with E-state index in [1.165, 1.54) is 17.2 Å². The molecule has 4 aromatic carbocycles. The molecule has 0 spiro atoms. The molecule has 0 amide bonds. The number of halogens is 4. The van der Waals surface area contributed by atoms with E-state index in [-0.39, 0.29) is 5.56 Å². The second-order valence-corrected chi connectivity index (χ2v) is 12.6. The van der Waals surface area contributed by atoms with E-state index < -0.39 is 35.0 Å². The van der Waals surface area contributed by atoms with Gasteiger partial charge in [0.05, 0.1) is 0 Å². The van der Waals surface area contributed by atoms with Crippen molar-refractivity contribution in [1.29, 1.82) is 0 Å². The van der Waals surface area contributed by atoms with E-state index in [0.717, 1.165) is 50.5 Å². The van der Waals surface area contributed by atoms with Crippen LogP contribution in [0.3, 0.4) is 0 Å². The third kappa shape index (κ3) is 5.44.